The number of aromatic nitrogens is 4. The fraction of sp³-hybridized carbons (Fsp3) is 0.333. The van der Waals surface area contributed by atoms with Gasteiger partial charge in [-0.1, -0.05) is 41.4 Å². The minimum Gasteiger partial charge on any atom is -0.338 e. The molecule has 134 valence electrons. The zero-order valence-corrected chi connectivity index (χ0v) is 15.1. The SMILES string of the molecule is Cc1c(-c2noc(C3(c4ccccc4Cl)CCC3)n2)c(=O)[nH]c(=O)n1C. The molecule has 0 saturated heterocycles. The molecule has 1 fully saturated rings. The lowest BCUT2D eigenvalue weighted by Gasteiger charge is -2.39. The van der Waals surface area contributed by atoms with Crippen LogP contribution in [-0.4, -0.2) is 19.7 Å². The van der Waals surface area contributed by atoms with Crippen molar-refractivity contribution < 1.29 is 4.52 Å². The molecule has 7 nitrogen and oxygen atoms in total. The normalized spacial score (nSPS) is 15.7. The molecule has 0 amide bonds. The predicted octanol–water partition coefficient (Wildman–Crippen LogP) is 2.56. The van der Waals surface area contributed by atoms with Crippen molar-refractivity contribution >= 4 is 11.6 Å². The predicted molar refractivity (Wildman–Crippen MR) is 96.4 cm³/mol. The van der Waals surface area contributed by atoms with Crippen molar-refractivity contribution in [2.75, 3.05) is 0 Å². The van der Waals surface area contributed by atoms with E-state index in [1.165, 1.54) is 4.57 Å². The summed E-state index contributed by atoms with van der Waals surface area (Å²) in [5.74, 6) is 0.618. The van der Waals surface area contributed by atoms with E-state index in [0.717, 1.165) is 24.8 Å². The lowest BCUT2D eigenvalue weighted by Crippen LogP contribution is -2.36. The highest BCUT2D eigenvalue weighted by Gasteiger charge is 2.46. The molecule has 0 bridgehead atoms. The van der Waals surface area contributed by atoms with Gasteiger partial charge in [0.1, 0.15) is 5.56 Å². The largest absolute Gasteiger partial charge is 0.338 e. The van der Waals surface area contributed by atoms with Gasteiger partial charge in [0, 0.05) is 17.8 Å². The van der Waals surface area contributed by atoms with Gasteiger partial charge in [0.2, 0.25) is 11.7 Å². The summed E-state index contributed by atoms with van der Waals surface area (Å²) in [5, 5.41) is 4.67. The summed E-state index contributed by atoms with van der Waals surface area (Å²) in [6.45, 7) is 1.68. The number of halogens is 1. The molecule has 26 heavy (non-hydrogen) atoms. The van der Waals surface area contributed by atoms with E-state index in [1.807, 2.05) is 24.3 Å². The van der Waals surface area contributed by atoms with Crippen LogP contribution in [0.1, 0.15) is 36.4 Å². The topological polar surface area (TPSA) is 93.8 Å². The van der Waals surface area contributed by atoms with Gasteiger partial charge in [0.15, 0.2) is 0 Å². The lowest BCUT2D eigenvalue weighted by molar-refractivity contribution is 0.216. The fourth-order valence-corrected chi connectivity index (χ4v) is 3.81. The van der Waals surface area contributed by atoms with E-state index in [2.05, 4.69) is 15.1 Å². The number of nitrogens with zero attached hydrogens (tertiary/aromatic N) is 3. The lowest BCUT2D eigenvalue weighted by atomic mass is 9.64. The van der Waals surface area contributed by atoms with Crippen LogP contribution in [-0.2, 0) is 12.5 Å². The third-order valence-corrected chi connectivity index (χ3v) is 5.60. The van der Waals surface area contributed by atoms with Gasteiger partial charge in [-0.25, -0.2) is 4.79 Å². The molecule has 0 unspecified atom stereocenters. The molecular formula is C18H17ClN4O3. The Balaban J connectivity index is 1.85. The quantitative estimate of drug-likeness (QED) is 0.762. The van der Waals surface area contributed by atoms with Crippen LogP contribution in [0.25, 0.3) is 11.4 Å². The molecule has 2 heterocycles. The van der Waals surface area contributed by atoms with Crippen molar-refractivity contribution in [3.8, 4) is 11.4 Å². The van der Waals surface area contributed by atoms with Crippen molar-refractivity contribution in [1.82, 2.24) is 19.7 Å². The number of benzene rings is 1. The van der Waals surface area contributed by atoms with Gasteiger partial charge in [0.25, 0.3) is 5.56 Å². The van der Waals surface area contributed by atoms with Crippen molar-refractivity contribution in [3.05, 3.63) is 67.3 Å². The van der Waals surface area contributed by atoms with Crippen LogP contribution in [0, 0.1) is 6.92 Å². The van der Waals surface area contributed by atoms with E-state index in [4.69, 9.17) is 16.1 Å². The maximum atomic E-state index is 12.3. The molecule has 1 aliphatic carbocycles. The molecule has 3 aromatic rings. The molecule has 1 aliphatic rings. The number of hydrogen-bond donors (Lipinski definition) is 1. The second-order valence-electron chi connectivity index (χ2n) is 6.62. The summed E-state index contributed by atoms with van der Waals surface area (Å²) in [4.78, 5) is 30.8. The highest BCUT2D eigenvalue weighted by atomic mass is 35.5. The second-order valence-corrected chi connectivity index (χ2v) is 7.02. The van der Waals surface area contributed by atoms with Gasteiger partial charge in [0.05, 0.1) is 5.41 Å². The number of H-pyrrole nitrogens is 1. The van der Waals surface area contributed by atoms with Crippen LogP contribution in [0.15, 0.2) is 38.4 Å². The zero-order chi connectivity index (χ0) is 18.5. The van der Waals surface area contributed by atoms with Gasteiger partial charge < -0.3 is 9.09 Å². The Bertz CT molecular complexity index is 1110. The maximum Gasteiger partial charge on any atom is 0.328 e. The first-order valence-corrected chi connectivity index (χ1v) is 8.71. The molecule has 0 aliphatic heterocycles. The zero-order valence-electron chi connectivity index (χ0n) is 14.4. The minimum absolute atomic E-state index is 0.174. The fourth-order valence-electron chi connectivity index (χ4n) is 3.49. The molecule has 0 radical (unpaired) electrons. The maximum absolute atomic E-state index is 12.3. The minimum atomic E-state index is -0.529. The van der Waals surface area contributed by atoms with Crippen LogP contribution in [0.3, 0.4) is 0 Å². The van der Waals surface area contributed by atoms with Gasteiger partial charge in [-0.15, -0.1) is 0 Å². The molecule has 2 aromatic heterocycles. The standard InChI is InChI=1S/C18H17ClN4O3/c1-10-13(15(24)21-17(25)23(10)2)14-20-16(26-22-14)18(8-5-9-18)11-6-3-4-7-12(11)19/h3-4,6-7H,5,8-9H2,1-2H3,(H,21,24,25). The van der Waals surface area contributed by atoms with Crippen LogP contribution in [0.4, 0.5) is 0 Å². The Kier molecular flexibility index (Phi) is 3.84. The molecule has 1 saturated carbocycles. The van der Waals surface area contributed by atoms with Crippen LogP contribution in [0.2, 0.25) is 5.02 Å². The third-order valence-electron chi connectivity index (χ3n) is 5.27. The van der Waals surface area contributed by atoms with Crippen molar-refractivity contribution in [1.29, 1.82) is 0 Å². The van der Waals surface area contributed by atoms with Gasteiger partial charge >= 0.3 is 5.69 Å². The average molecular weight is 373 g/mol. The number of rotatable bonds is 3. The van der Waals surface area contributed by atoms with E-state index < -0.39 is 16.7 Å². The Morgan fingerprint density at radius 3 is 2.65 bits per heavy atom. The summed E-state index contributed by atoms with van der Waals surface area (Å²) < 4.78 is 6.90. The van der Waals surface area contributed by atoms with E-state index in [0.29, 0.717) is 16.6 Å². The smallest absolute Gasteiger partial charge is 0.328 e. The average Bonchev–Trinajstić information content (AvgIpc) is 3.03. The first-order valence-electron chi connectivity index (χ1n) is 8.33. The van der Waals surface area contributed by atoms with Gasteiger partial charge in [-0.2, -0.15) is 4.98 Å². The van der Waals surface area contributed by atoms with Crippen LogP contribution < -0.4 is 11.2 Å². The number of hydrogen-bond acceptors (Lipinski definition) is 5. The Morgan fingerprint density at radius 1 is 1.27 bits per heavy atom. The van der Waals surface area contributed by atoms with Crippen molar-refractivity contribution in [2.24, 2.45) is 7.05 Å². The molecule has 8 heteroatoms. The van der Waals surface area contributed by atoms with Crippen LogP contribution in [0.5, 0.6) is 0 Å². The van der Waals surface area contributed by atoms with E-state index in [1.54, 1.807) is 14.0 Å². The van der Waals surface area contributed by atoms with E-state index in [9.17, 15) is 9.59 Å². The van der Waals surface area contributed by atoms with Crippen molar-refractivity contribution in [3.63, 3.8) is 0 Å². The van der Waals surface area contributed by atoms with Gasteiger partial charge in [-0.05, 0) is 31.4 Å². The molecule has 4 rings (SSSR count). The van der Waals surface area contributed by atoms with E-state index in [-0.39, 0.29) is 11.4 Å². The number of nitrogens with one attached hydrogen (secondary N) is 1. The Hall–Kier alpha value is -2.67. The molecule has 1 aromatic carbocycles. The summed E-state index contributed by atoms with van der Waals surface area (Å²) in [6, 6.07) is 7.62. The highest BCUT2D eigenvalue weighted by molar-refractivity contribution is 6.31. The number of aromatic amines is 1. The molecular weight excluding hydrogens is 356 g/mol. The third kappa shape index (κ3) is 2.34. The second kappa shape index (κ2) is 5.95. The molecule has 1 N–H and O–H groups in total. The summed E-state index contributed by atoms with van der Waals surface area (Å²) >= 11 is 6.40. The summed E-state index contributed by atoms with van der Waals surface area (Å²) in [6.07, 6.45) is 2.73. The van der Waals surface area contributed by atoms with Crippen molar-refractivity contribution in [2.45, 2.75) is 31.6 Å². The van der Waals surface area contributed by atoms with Gasteiger partial charge in [-0.3, -0.25) is 9.78 Å². The van der Waals surface area contributed by atoms with E-state index >= 15 is 0 Å². The molecule has 0 atom stereocenters. The Morgan fingerprint density at radius 2 is 2.00 bits per heavy atom. The molecule has 0 spiro atoms. The van der Waals surface area contributed by atoms with Crippen LogP contribution >= 0.6 is 11.6 Å². The summed E-state index contributed by atoms with van der Waals surface area (Å²) in [7, 11) is 1.58. The first kappa shape index (κ1) is 16.8. The summed E-state index contributed by atoms with van der Waals surface area (Å²) in [5.41, 5.74) is 0.228. The highest BCUT2D eigenvalue weighted by Crippen LogP contribution is 2.50. The first-order chi connectivity index (χ1) is 12.4. The monoisotopic (exact) mass is 372 g/mol. The Labute approximate surface area is 153 Å².